The zero-order valence-electron chi connectivity index (χ0n) is 20.9. The van der Waals surface area contributed by atoms with E-state index in [0.29, 0.717) is 6.10 Å². The number of aliphatic hydroxyl groups is 1. The van der Waals surface area contributed by atoms with E-state index < -0.39 is 0 Å². The molecule has 1 N–H and O–H groups in total. The van der Waals surface area contributed by atoms with Gasteiger partial charge in [0, 0.05) is 6.61 Å². The molecule has 0 saturated heterocycles. The van der Waals surface area contributed by atoms with E-state index in [0.717, 1.165) is 49.0 Å². The molecule has 3 aliphatic rings. The minimum absolute atomic E-state index is 0.0284. The van der Waals surface area contributed by atoms with E-state index in [-0.39, 0.29) is 12.4 Å². The van der Waals surface area contributed by atoms with Gasteiger partial charge in [-0.15, -0.1) is 0 Å². The Balaban J connectivity index is 1.31. The largest absolute Gasteiger partial charge is 0.393 e. The predicted octanol–water partition coefficient (Wildman–Crippen LogP) is 7.50. The fraction of sp³-hybridized carbons (Fsp3) is 1.00. The maximum Gasteiger partial charge on any atom is 0.155 e. The van der Waals surface area contributed by atoms with Crippen molar-refractivity contribution in [1.29, 1.82) is 0 Å². The summed E-state index contributed by atoms with van der Waals surface area (Å²) in [5.41, 5.74) is 0. The van der Waals surface area contributed by atoms with Gasteiger partial charge in [-0.05, 0) is 101 Å². The molecule has 182 valence electrons. The Labute approximate surface area is 193 Å². The van der Waals surface area contributed by atoms with Crippen LogP contribution in [0.25, 0.3) is 0 Å². The number of aliphatic hydroxyl groups excluding tert-OH is 1. The lowest BCUT2D eigenvalue weighted by Crippen LogP contribution is -2.31. The van der Waals surface area contributed by atoms with E-state index >= 15 is 0 Å². The average Bonchev–Trinajstić information content (AvgIpc) is 2.79. The fourth-order valence-corrected chi connectivity index (χ4v) is 6.92. The van der Waals surface area contributed by atoms with Crippen LogP contribution in [-0.2, 0) is 9.47 Å². The highest BCUT2D eigenvalue weighted by molar-refractivity contribution is 4.82. The van der Waals surface area contributed by atoms with Gasteiger partial charge in [-0.2, -0.15) is 0 Å². The maximum atomic E-state index is 9.81. The zero-order valence-corrected chi connectivity index (χ0v) is 20.9. The summed E-state index contributed by atoms with van der Waals surface area (Å²) in [5, 5.41) is 9.81. The summed E-state index contributed by atoms with van der Waals surface area (Å²) < 4.78 is 12.3. The normalized spacial score (nSPS) is 33.7. The van der Waals surface area contributed by atoms with Crippen molar-refractivity contribution in [3.05, 3.63) is 0 Å². The Hall–Kier alpha value is -0.120. The van der Waals surface area contributed by atoms with E-state index in [2.05, 4.69) is 20.8 Å². The summed E-state index contributed by atoms with van der Waals surface area (Å²) in [7, 11) is 0. The first-order valence-corrected chi connectivity index (χ1v) is 14.0. The topological polar surface area (TPSA) is 38.7 Å². The van der Waals surface area contributed by atoms with E-state index in [1.807, 2.05) is 0 Å². The summed E-state index contributed by atoms with van der Waals surface area (Å²) in [6, 6.07) is 0. The van der Waals surface area contributed by atoms with Crippen LogP contribution in [0.4, 0.5) is 0 Å². The second-order valence-corrected chi connectivity index (χ2v) is 11.4. The molecular formula is C28H52O3. The quantitative estimate of drug-likeness (QED) is 0.341. The van der Waals surface area contributed by atoms with Gasteiger partial charge < -0.3 is 14.6 Å². The number of rotatable bonds is 11. The van der Waals surface area contributed by atoms with E-state index in [1.165, 1.54) is 89.9 Å². The van der Waals surface area contributed by atoms with Gasteiger partial charge in [0.25, 0.3) is 0 Å². The molecule has 3 fully saturated rings. The van der Waals surface area contributed by atoms with Gasteiger partial charge in [0.1, 0.15) is 0 Å². The lowest BCUT2D eigenvalue weighted by atomic mass is 9.70. The molecule has 0 amide bonds. The molecule has 3 atom stereocenters. The third-order valence-electron chi connectivity index (χ3n) is 9.12. The van der Waals surface area contributed by atoms with Crippen LogP contribution >= 0.6 is 0 Å². The summed E-state index contributed by atoms with van der Waals surface area (Å²) in [4.78, 5) is 0. The Morgan fingerprint density at radius 3 is 2.10 bits per heavy atom. The van der Waals surface area contributed by atoms with Crippen LogP contribution in [0.1, 0.15) is 124 Å². The summed E-state index contributed by atoms with van der Waals surface area (Å²) in [5.74, 6) is 4.28. The number of ether oxygens (including phenoxy) is 2. The Morgan fingerprint density at radius 1 is 0.806 bits per heavy atom. The van der Waals surface area contributed by atoms with E-state index in [1.54, 1.807) is 0 Å². The molecule has 3 aliphatic carbocycles. The molecule has 3 unspecified atom stereocenters. The molecular weight excluding hydrogens is 384 g/mol. The third-order valence-corrected chi connectivity index (χ3v) is 9.12. The minimum Gasteiger partial charge on any atom is -0.393 e. The second kappa shape index (κ2) is 13.6. The predicted molar refractivity (Wildman–Crippen MR) is 129 cm³/mol. The second-order valence-electron chi connectivity index (χ2n) is 11.4. The first-order valence-electron chi connectivity index (χ1n) is 14.0. The van der Waals surface area contributed by atoms with Crippen molar-refractivity contribution < 1.29 is 14.6 Å². The van der Waals surface area contributed by atoms with Crippen molar-refractivity contribution >= 4 is 0 Å². The van der Waals surface area contributed by atoms with Gasteiger partial charge >= 0.3 is 0 Å². The molecule has 0 radical (unpaired) electrons. The van der Waals surface area contributed by atoms with Crippen molar-refractivity contribution in [1.82, 2.24) is 0 Å². The monoisotopic (exact) mass is 436 g/mol. The van der Waals surface area contributed by atoms with Gasteiger partial charge in [0.2, 0.25) is 0 Å². The molecule has 0 aromatic rings. The molecule has 0 bridgehead atoms. The van der Waals surface area contributed by atoms with Crippen LogP contribution < -0.4 is 0 Å². The fourth-order valence-electron chi connectivity index (χ4n) is 6.92. The van der Waals surface area contributed by atoms with Crippen molar-refractivity contribution in [2.45, 2.75) is 142 Å². The highest BCUT2D eigenvalue weighted by atomic mass is 16.7. The first kappa shape index (κ1) is 25.5. The van der Waals surface area contributed by atoms with Crippen LogP contribution in [0.5, 0.6) is 0 Å². The Morgan fingerprint density at radius 2 is 1.45 bits per heavy atom. The molecule has 3 saturated carbocycles. The molecule has 0 aromatic heterocycles. The molecule has 31 heavy (non-hydrogen) atoms. The Bertz CT molecular complexity index is 459. The summed E-state index contributed by atoms with van der Waals surface area (Å²) >= 11 is 0. The summed E-state index contributed by atoms with van der Waals surface area (Å²) in [6.07, 6.45) is 20.9. The molecule has 0 heterocycles. The molecule has 0 aliphatic heterocycles. The van der Waals surface area contributed by atoms with Crippen LogP contribution in [0.15, 0.2) is 0 Å². The lowest BCUT2D eigenvalue weighted by molar-refractivity contribution is -0.170. The third kappa shape index (κ3) is 8.63. The van der Waals surface area contributed by atoms with E-state index in [4.69, 9.17) is 9.47 Å². The molecule has 0 aromatic carbocycles. The molecule has 3 rings (SSSR count). The minimum atomic E-state index is -0.0474. The maximum absolute atomic E-state index is 9.81. The Kier molecular flexibility index (Phi) is 11.2. The van der Waals surface area contributed by atoms with Crippen molar-refractivity contribution in [3.8, 4) is 0 Å². The van der Waals surface area contributed by atoms with Gasteiger partial charge in [-0.25, -0.2) is 0 Å². The average molecular weight is 437 g/mol. The molecule has 0 spiro atoms. The van der Waals surface area contributed by atoms with Crippen molar-refractivity contribution in [2.75, 3.05) is 6.61 Å². The summed E-state index contributed by atoms with van der Waals surface area (Å²) in [6.45, 7) is 7.85. The van der Waals surface area contributed by atoms with Gasteiger partial charge in [0.05, 0.1) is 12.2 Å². The first-order chi connectivity index (χ1) is 15.0. The van der Waals surface area contributed by atoms with Crippen LogP contribution in [-0.4, -0.2) is 30.2 Å². The lowest BCUT2D eigenvalue weighted by Gasteiger charge is -2.37. The van der Waals surface area contributed by atoms with Gasteiger partial charge in [-0.1, -0.05) is 52.4 Å². The van der Waals surface area contributed by atoms with Crippen LogP contribution in [0.3, 0.4) is 0 Å². The van der Waals surface area contributed by atoms with Crippen molar-refractivity contribution in [2.24, 2.45) is 29.6 Å². The molecule has 3 nitrogen and oxygen atoms in total. The van der Waals surface area contributed by atoms with Gasteiger partial charge in [0.15, 0.2) is 6.29 Å². The highest BCUT2D eigenvalue weighted by Gasteiger charge is 2.31. The smallest absolute Gasteiger partial charge is 0.155 e. The number of hydrogen-bond acceptors (Lipinski definition) is 3. The van der Waals surface area contributed by atoms with E-state index in [9.17, 15) is 5.11 Å². The SMILES string of the molecule is CCC(CC(C)C1CCC(O)CC1)C1CCC(OC(C)OCCC2CCCCC2)CC1. The molecule has 3 heteroatoms. The zero-order chi connectivity index (χ0) is 22.1. The van der Waals surface area contributed by atoms with Gasteiger partial charge in [-0.3, -0.25) is 0 Å². The standard InChI is InChI=1S/C28H52O3/c1-4-24(20-21(2)25-10-14-27(29)15-11-25)26-12-16-28(17-13-26)31-22(3)30-19-18-23-8-6-5-7-9-23/h21-29H,4-20H2,1-3H3. The van der Waals surface area contributed by atoms with Crippen molar-refractivity contribution in [3.63, 3.8) is 0 Å². The number of hydrogen-bond donors (Lipinski definition) is 1. The highest BCUT2D eigenvalue weighted by Crippen LogP contribution is 2.40. The van der Waals surface area contributed by atoms with Crippen LogP contribution in [0, 0.1) is 29.6 Å². The van der Waals surface area contributed by atoms with Crippen LogP contribution in [0.2, 0.25) is 0 Å².